The number of hydrogen-bond donors (Lipinski definition) is 0. The second-order valence-electron chi connectivity index (χ2n) is 4.62. The maximum atomic E-state index is 9.75. The number of rotatable bonds is 3. The summed E-state index contributed by atoms with van der Waals surface area (Å²) >= 11 is 0. The molecule has 0 bridgehead atoms. The largest absolute Gasteiger partial charge is 0.673 e. The van der Waals surface area contributed by atoms with Crippen molar-refractivity contribution in [3.05, 3.63) is 37.4 Å². The Balaban J connectivity index is 0.000000442. The van der Waals surface area contributed by atoms with Gasteiger partial charge < -0.3 is 34.5 Å². The van der Waals surface area contributed by atoms with Crippen LogP contribution in [0.3, 0.4) is 0 Å². The van der Waals surface area contributed by atoms with Gasteiger partial charge in [-0.1, -0.05) is 0 Å². The average Bonchev–Trinajstić information content (AvgIpc) is 2.91. The summed E-state index contributed by atoms with van der Waals surface area (Å²) < 4.78 is 86.5. The molecule has 0 saturated heterocycles. The molecular formula is C10H16B2F8N4. The third-order valence-electron chi connectivity index (χ3n) is 2.26. The maximum Gasteiger partial charge on any atom is 0.673 e. The highest BCUT2D eigenvalue weighted by molar-refractivity contribution is 6.50. The first-order valence-electron chi connectivity index (χ1n) is 6.50. The molecule has 2 aromatic rings. The zero-order valence-corrected chi connectivity index (χ0v) is 12.8. The highest BCUT2D eigenvalue weighted by Crippen LogP contribution is 2.07. The van der Waals surface area contributed by atoms with Gasteiger partial charge in [-0.05, 0) is 0 Å². The van der Waals surface area contributed by atoms with Crippen molar-refractivity contribution in [2.45, 2.75) is 13.1 Å². The quantitative estimate of drug-likeness (QED) is 0.451. The van der Waals surface area contributed by atoms with Crippen molar-refractivity contribution in [2.24, 2.45) is 14.1 Å². The van der Waals surface area contributed by atoms with Crippen molar-refractivity contribution >= 4 is 14.5 Å². The van der Waals surface area contributed by atoms with Gasteiger partial charge in [0.15, 0.2) is 0 Å². The van der Waals surface area contributed by atoms with Crippen LogP contribution in [0.5, 0.6) is 0 Å². The molecule has 0 radical (unpaired) electrons. The molecule has 0 unspecified atom stereocenters. The molecule has 2 heterocycles. The van der Waals surface area contributed by atoms with Gasteiger partial charge in [-0.3, -0.25) is 0 Å². The second-order valence-corrected chi connectivity index (χ2v) is 4.62. The first kappa shape index (κ1) is 22.0. The van der Waals surface area contributed by atoms with E-state index in [0.29, 0.717) is 0 Å². The molecule has 0 spiro atoms. The number of aromatic nitrogens is 4. The van der Waals surface area contributed by atoms with E-state index in [1.807, 2.05) is 14.1 Å². The number of nitrogens with zero attached hydrogens (tertiary/aromatic N) is 4. The van der Waals surface area contributed by atoms with E-state index in [1.54, 1.807) is 0 Å². The first-order valence-corrected chi connectivity index (χ1v) is 6.50. The molecule has 0 aliphatic carbocycles. The molecule has 0 aromatic carbocycles. The SMILES string of the molecule is Cn1cc[n+](CC[n+]2ccn(C)c2)c1.F[B-](F)(F)F.F[B-](F)(F)F. The third kappa shape index (κ3) is 16.4. The fraction of sp³-hybridized carbons (Fsp3) is 0.400. The van der Waals surface area contributed by atoms with Crippen molar-refractivity contribution in [1.82, 2.24) is 9.13 Å². The zero-order chi connectivity index (χ0) is 19.0. The minimum absolute atomic E-state index is 1.01. The lowest BCUT2D eigenvalue weighted by Crippen LogP contribution is -2.42. The summed E-state index contributed by atoms with van der Waals surface area (Å²) in [5, 5.41) is 0. The Morgan fingerprint density at radius 1 is 0.667 bits per heavy atom. The van der Waals surface area contributed by atoms with Gasteiger partial charge in [-0.2, -0.15) is 0 Å². The molecule has 0 atom stereocenters. The van der Waals surface area contributed by atoms with Crippen molar-refractivity contribution in [2.75, 3.05) is 0 Å². The predicted molar refractivity (Wildman–Crippen MR) is 71.6 cm³/mol. The van der Waals surface area contributed by atoms with Gasteiger partial charge in [0.05, 0.1) is 14.1 Å². The van der Waals surface area contributed by atoms with Crippen LogP contribution in [0.4, 0.5) is 34.5 Å². The minimum atomic E-state index is -6.00. The summed E-state index contributed by atoms with van der Waals surface area (Å²) in [6.07, 6.45) is 12.4. The molecule has 0 aliphatic heterocycles. The van der Waals surface area contributed by atoms with Gasteiger partial charge in [0, 0.05) is 0 Å². The minimum Gasteiger partial charge on any atom is -0.418 e. The summed E-state index contributed by atoms with van der Waals surface area (Å²) in [4.78, 5) is 0. The molecule has 2 rings (SSSR count). The van der Waals surface area contributed by atoms with E-state index >= 15 is 0 Å². The van der Waals surface area contributed by atoms with Crippen LogP contribution in [0, 0.1) is 0 Å². The third-order valence-corrected chi connectivity index (χ3v) is 2.26. The Bertz CT molecular complexity index is 528. The zero-order valence-electron chi connectivity index (χ0n) is 12.8. The second kappa shape index (κ2) is 9.33. The maximum absolute atomic E-state index is 9.75. The van der Waals surface area contributed by atoms with E-state index in [2.05, 4.69) is 55.7 Å². The van der Waals surface area contributed by atoms with Gasteiger partial charge in [0.1, 0.15) is 37.9 Å². The number of imidazole rings is 2. The lowest BCUT2D eigenvalue weighted by atomic mass is 10.3. The topological polar surface area (TPSA) is 17.6 Å². The van der Waals surface area contributed by atoms with E-state index in [0.717, 1.165) is 13.1 Å². The highest BCUT2D eigenvalue weighted by atomic mass is 19.5. The molecule has 0 aliphatic rings. The van der Waals surface area contributed by atoms with Gasteiger partial charge in [0.25, 0.3) is 0 Å². The number of hydrogen-bond acceptors (Lipinski definition) is 0. The van der Waals surface area contributed by atoms with E-state index in [1.165, 1.54) is 0 Å². The molecule has 0 fully saturated rings. The Labute approximate surface area is 133 Å². The molecule has 14 heteroatoms. The van der Waals surface area contributed by atoms with E-state index in [9.17, 15) is 34.5 Å². The Morgan fingerprint density at radius 2 is 0.917 bits per heavy atom. The van der Waals surface area contributed by atoms with E-state index < -0.39 is 14.5 Å². The predicted octanol–water partition coefficient (Wildman–Crippen LogP) is 2.24. The summed E-state index contributed by atoms with van der Waals surface area (Å²) in [6.45, 7) is 2.02. The normalized spacial score (nSPS) is 11.2. The fourth-order valence-corrected chi connectivity index (χ4v) is 1.50. The molecule has 2 aromatic heterocycles. The molecule has 138 valence electrons. The molecule has 0 saturated carbocycles. The van der Waals surface area contributed by atoms with Gasteiger partial charge in [-0.25, -0.2) is 18.3 Å². The Kier molecular flexibility index (Phi) is 8.54. The van der Waals surface area contributed by atoms with Crippen LogP contribution >= 0.6 is 0 Å². The van der Waals surface area contributed by atoms with Crippen LogP contribution in [0.1, 0.15) is 0 Å². The van der Waals surface area contributed by atoms with Gasteiger partial charge in [0.2, 0.25) is 12.7 Å². The van der Waals surface area contributed by atoms with Crippen LogP contribution in [0.25, 0.3) is 0 Å². The van der Waals surface area contributed by atoms with Crippen LogP contribution in [-0.4, -0.2) is 23.6 Å². The van der Waals surface area contributed by atoms with Crippen molar-refractivity contribution in [1.29, 1.82) is 0 Å². The van der Waals surface area contributed by atoms with Gasteiger partial charge >= 0.3 is 14.5 Å². The lowest BCUT2D eigenvalue weighted by molar-refractivity contribution is -0.777. The molecule has 0 amide bonds. The Hall–Kier alpha value is -2.01. The van der Waals surface area contributed by atoms with Crippen LogP contribution in [0.2, 0.25) is 0 Å². The van der Waals surface area contributed by atoms with Crippen LogP contribution < -0.4 is 9.13 Å². The summed E-state index contributed by atoms with van der Waals surface area (Å²) in [5.74, 6) is 0. The van der Waals surface area contributed by atoms with E-state index in [-0.39, 0.29) is 0 Å². The van der Waals surface area contributed by atoms with E-state index in [4.69, 9.17) is 0 Å². The lowest BCUT2D eigenvalue weighted by Gasteiger charge is -1.94. The van der Waals surface area contributed by atoms with Crippen LogP contribution in [-0.2, 0) is 27.2 Å². The van der Waals surface area contributed by atoms with Crippen LogP contribution in [0.15, 0.2) is 37.4 Å². The standard InChI is InChI=1S/C10H16N4.2BF4/c1-11-3-5-13(9-11)7-8-14-6-4-12(2)10-14;2*2-1(3,4)5/h3-6,9-10H,7-8H2,1-2H3;;/q+2;2*-1. The molecular weight excluding hydrogens is 350 g/mol. The fourth-order valence-electron chi connectivity index (χ4n) is 1.50. The van der Waals surface area contributed by atoms with Crippen molar-refractivity contribution in [3.8, 4) is 0 Å². The number of aryl methyl sites for hydroxylation is 4. The monoisotopic (exact) mass is 366 g/mol. The first-order chi connectivity index (χ1) is 10.7. The molecule has 4 nitrogen and oxygen atoms in total. The van der Waals surface area contributed by atoms with Gasteiger partial charge in [-0.15, -0.1) is 0 Å². The highest BCUT2D eigenvalue weighted by Gasteiger charge is 2.21. The molecule has 0 N–H and O–H groups in total. The number of halogens is 8. The Morgan fingerprint density at radius 3 is 1.08 bits per heavy atom. The summed E-state index contributed by atoms with van der Waals surface area (Å²) in [6, 6.07) is 0. The smallest absolute Gasteiger partial charge is 0.418 e. The average molecular weight is 366 g/mol. The van der Waals surface area contributed by atoms with Crippen molar-refractivity contribution < 1.29 is 43.7 Å². The molecule has 24 heavy (non-hydrogen) atoms. The van der Waals surface area contributed by atoms with Crippen molar-refractivity contribution in [3.63, 3.8) is 0 Å². The summed E-state index contributed by atoms with van der Waals surface area (Å²) in [5.41, 5.74) is 0. The summed E-state index contributed by atoms with van der Waals surface area (Å²) in [7, 11) is -7.93.